The Bertz CT molecular complexity index is 606. The molecule has 0 atom stereocenters. The van der Waals surface area contributed by atoms with Crippen LogP contribution in [0.5, 0.6) is 0 Å². The van der Waals surface area contributed by atoms with Gasteiger partial charge in [-0.05, 0) is 44.7 Å². The normalized spacial score (nSPS) is 15.0. The van der Waals surface area contributed by atoms with Gasteiger partial charge in [-0.25, -0.2) is 4.98 Å². The molecule has 0 bridgehead atoms. The summed E-state index contributed by atoms with van der Waals surface area (Å²) in [6.45, 7) is 7.44. The number of aromatic nitrogens is 2. The summed E-state index contributed by atoms with van der Waals surface area (Å²) in [5, 5.41) is 0. The second-order valence-corrected chi connectivity index (χ2v) is 6.47. The summed E-state index contributed by atoms with van der Waals surface area (Å²) < 4.78 is 0. The van der Waals surface area contributed by atoms with E-state index in [9.17, 15) is 0 Å². The molecule has 0 amide bonds. The molecule has 4 nitrogen and oxygen atoms in total. The molecule has 2 heterocycles. The van der Waals surface area contributed by atoms with E-state index in [-0.39, 0.29) is 0 Å². The largest absolute Gasteiger partial charge is 0.356 e. The first-order valence-corrected chi connectivity index (χ1v) is 8.62. The van der Waals surface area contributed by atoms with Crippen molar-refractivity contribution in [3.05, 3.63) is 48.2 Å². The van der Waals surface area contributed by atoms with Crippen molar-refractivity contribution in [2.75, 3.05) is 22.9 Å². The number of piperidine rings is 1. The first-order valence-electron chi connectivity index (χ1n) is 8.62. The lowest BCUT2D eigenvalue weighted by atomic mass is 10.1. The van der Waals surface area contributed by atoms with Crippen LogP contribution in [0, 0.1) is 0 Å². The Hall–Kier alpha value is -2.10. The van der Waals surface area contributed by atoms with Crippen LogP contribution >= 0.6 is 0 Å². The van der Waals surface area contributed by atoms with E-state index in [0.29, 0.717) is 6.04 Å². The molecular formula is C19H26N4. The van der Waals surface area contributed by atoms with Gasteiger partial charge in [-0.2, -0.15) is 4.98 Å². The molecular weight excluding hydrogens is 284 g/mol. The predicted octanol–water partition coefficient (Wildman–Crippen LogP) is 3.88. The second kappa shape index (κ2) is 7.44. The fraction of sp³-hybridized carbons (Fsp3) is 0.474. The molecule has 1 aliphatic rings. The smallest absolute Gasteiger partial charge is 0.227 e. The highest BCUT2D eigenvalue weighted by Gasteiger charge is 2.17. The van der Waals surface area contributed by atoms with E-state index in [1.165, 1.54) is 24.8 Å². The van der Waals surface area contributed by atoms with Crippen LogP contribution < -0.4 is 9.80 Å². The first kappa shape index (κ1) is 15.8. The fourth-order valence-corrected chi connectivity index (χ4v) is 3.04. The molecule has 1 fully saturated rings. The van der Waals surface area contributed by atoms with E-state index in [1.807, 2.05) is 12.3 Å². The van der Waals surface area contributed by atoms with E-state index in [4.69, 9.17) is 4.98 Å². The highest BCUT2D eigenvalue weighted by molar-refractivity contribution is 5.45. The monoisotopic (exact) mass is 310 g/mol. The maximum absolute atomic E-state index is 4.85. The van der Waals surface area contributed by atoms with Crippen molar-refractivity contribution in [1.82, 2.24) is 9.97 Å². The molecule has 1 aliphatic heterocycles. The molecule has 0 spiro atoms. The van der Waals surface area contributed by atoms with Gasteiger partial charge in [0.1, 0.15) is 5.82 Å². The van der Waals surface area contributed by atoms with Crippen LogP contribution in [0.3, 0.4) is 0 Å². The fourth-order valence-electron chi connectivity index (χ4n) is 3.04. The van der Waals surface area contributed by atoms with Crippen LogP contribution in [0.15, 0.2) is 42.6 Å². The molecule has 1 saturated heterocycles. The van der Waals surface area contributed by atoms with E-state index in [0.717, 1.165) is 31.4 Å². The van der Waals surface area contributed by atoms with Gasteiger partial charge in [0.15, 0.2) is 0 Å². The molecule has 122 valence electrons. The van der Waals surface area contributed by atoms with Crippen molar-refractivity contribution in [1.29, 1.82) is 0 Å². The lowest BCUT2D eigenvalue weighted by Crippen LogP contribution is -2.34. The van der Waals surface area contributed by atoms with Crippen molar-refractivity contribution < 1.29 is 0 Å². The van der Waals surface area contributed by atoms with Gasteiger partial charge in [-0.1, -0.05) is 30.3 Å². The van der Waals surface area contributed by atoms with Crippen molar-refractivity contribution in [2.24, 2.45) is 0 Å². The molecule has 0 radical (unpaired) electrons. The van der Waals surface area contributed by atoms with Gasteiger partial charge in [0.25, 0.3) is 0 Å². The summed E-state index contributed by atoms with van der Waals surface area (Å²) >= 11 is 0. The molecule has 0 unspecified atom stereocenters. The van der Waals surface area contributed by atoms with Crippen molar-refractivity contribution in [3.63, 3.8) is 0 Å². The van der Waals surface area contributed by atoms with Crippen molar-refractivity contribution in [2.45, 2.75) is 45.7 Å². The third-order valence-electron chi connectivity index (χ3n) is 4.38. The topological polar surface area (TPSA) is 32.3 Å². The number of hydrogen-bond acceptors (Lipinski definition) is 4. The molecule has 0 N–H and O–H groups in total. The van der Waals surface area contributed by atoms with Gasteiger partial charge in [0.2, 0.25) is 5.95 Å². The van der Waals surface area contributed by atoms with E-state index < -0.39 is 0 Å². The number of anilines is 2. The Kier molecular flexibility index (Phi) is 5.11. The third kappa shape index (κ3) is 4.01. The lowest BCUT2D eigenvalue weighted by molar-refractivity contribution is 0.571. The zero-order valence-electron chi connectivity index (χ0n) is 14.2. The molecule has 2 aromatic rings. The van der Waals surface area contributed by atoms with Gasteiger partial charge >= 0.3 is 0 Å². The molecule has 23 heavy (non-hydrogen) atoms. The third-order valence-corrected chi connectivity index (χ3v) is 4.38. The molecule has 1 aromatic carbocycles. The van der Waals surface area contributed by atoms with Gasteiger partial charge < -0.3 is 9.80 Å². The van der Waals surface area contributed by atoms with Crippen LogP contribution in [0.4, 0.5) is 11.8 Å². The Morgan fingerprint density at radius 2 is 1.78 bits per heavy atom. The standard InChI is InChI=1S/C19H26N4/c1-16(2)23(15-17-9-5-3-6-10-17)19-20-12-11-18(21-19)22-13-7-4-8-14-22/h3,5-6,9-12,16H,4,7-8,13-15H2,1-2H3. The molecule has 1 aromatic heterocycles. The summed E-state index contributed by atoms with van der Waals surface area (Å²) in [6, 6.07) is 12.9. The minimum absolute atomic E-state index is 0.354. The van der Waals surface area contributed by atoms with Gasteiger partial charge in [0.05, 0.1) is 0 Å². The van der Waals surface area contributed by atoms with E-state index in [2.05, 4.69) is 59.0 Å². The number of benzene rings is 1. The quantitative estimate of drug-likeness (QED) is 0.839. The maximum Gasteiger partial charge on any atom is 0.227 e. The Morgan fingerprint density at radius 3 is 2.48 bits per heavy atom. The zero-order chi connectivity index (χ0) is 16.1. The average molecular weight is 310 g/mol. The van der Waals surface area contributed by atoms with E-state index >= 15 is 0 Å². The maximum atomic E-state index is 4.85. The number of hydrogen-bond donors (Lipinski definition) is 0. The summed E-state index contributed by atoms with van der Waals surface area (Å²) in [5.74, 6) is 1.89. The lowest BCUT2D eigenvalue weighted by Gasteiger charge is -2.30. The number of nitrogens with zero attached hydrogens (tertiary/aromatic N) is 4. The molecule has 3 rings (SSSR count). The first-order chi connectivity index (χ1) is 11.2. The predicted molar refractivity (Wildman–Crippen MR) is 95.9 cm³/mol. The highest BCUT2D eigenvalue weighted by Crippen LogP contribution is 2.21. The zero-order valence-corrected chi connectivity index (χ0v) is 14.2. The average Bonchev–Trinajstić information content (AvgIpc) is 2.61. The van der Waals surface area contributed by atoms with Gasteiger partial charge in [-0.15, -0.1) is 0 Å². The summed E-state index contributed by atoms with van der Waals surface area (Å²) in [7, 11) is 0. The van der Waals surface area contributed by atoms with Crippen LogP contribution in [0.1, 0.15) is 38.7 Å². The number of rotatable bonds is 5. The minimum Gasteiger partial charge on any atom is -0.356 e. The van der Waals surface area contributed by atoms with Crippen molar-refractivity contribution >= 4 is 11.8 Å². The summed E-state index contributed by atoms with van der Waals surface area (Å²) in [6.07, 6.45) is 5.75. The highest BCUT2D eigenvalue weighted by atomic mass is 15.3. The van der Waals surface area contributed by atoms with Crippen LogP contribution in [0.2, 0.25) is 0 Å². The van der Waals surface area contributed by atoms with Gasteiger partial charge in [0, 0.05) is 31.9 Å². The SMILES string of the molecule is CC(C)N(Cc1ccccc1)c1nccc(N2CCCCC2)n1. The Balaban J connectivity index is 1.82. The van der Waals surface area contributed by atoms with Crippen LogP contribution in [0.25, 0.3) is 0 Å². The molecule has 4 heteroatoms. The van der Waals surface area contributed by atoms with Gasteiger partial charge in [-0.3, -0.25) is 0 Å². The Morgan fingerprint density at radius 1 is 1.04 bits per heavy atom. The summed E-state index contributed by atoms with van der Waals surface area (Å²) in [4.78, 5) is 14.0. The summed E-state index contributed by atoms with van der Waals surface area (Å²) in [5.41, 5.74) is 1.29. The van der Waals surface area contributed by atoms with E-state index in [1.54, 1.807) is 0 Å². The molecule has 0 saturated carbocycles. The molecule has 0 aliphatic carbocycles. The van der Waals surface area contributed by atoms with Crippen molar-refractivity contribution in [3.8, 4) is 0 Å². The Labute approximate surface area is 139 Å². The second-order valence-electron chi connectivity index (χ2n) is 6.47. The van der Waals surface area contributed by atoms with Crippen LogP contribution in [-0.4, -0.2) is 29.1 Å². The minimum atomic E-state index is 0.354. The van der Waals surface area contributed by atoms with Crippen LogP contribution in [-0.2, 0) is 6.54 Å².